The standard InChI is InChI=1S/C5H6BrN5O/c6-4-8-1-2(9-4)10-5(7)11-3(1)12/h3,12H,(H,8,9)(H3,7,10,11). The average Bonchev–Trinajstić information content (AvgIpc) is 2.29. The predicted molar refractivity (Wildman–Crippen MR) is 46.5 cm³/mol. The first kappa shape index (κ1) is 7.56. The van der Waals surface area contributed by atoms with Gasteiger partial charge >= 0.3 is 0 Å². The van der Waals surface area contributed by atoms with Crippen LogP contribution < -0.4 is 11.1 Å². The molecule has 1 unspecified atom stereocenters. The van der Waals surface area contributed by atoms with Crippen LogP contribution in [0.5, 0.6) is 0 Å². The first-order chi connectivity index (χ1) is 5.66. The number of guanidine groups is 1. The van der Waals surface area contributed by atoms with E-state index in [0.29, 0.717) is 16.2 Å². The van der Waals surface area contributed by atoms with Crippen LogP contribution in [-0.2, 0) is 0 Å². The zero-order valence-electron chi connectivity index (χ0n) is 5.87. The number of rotatable bonds is 0. The number of hydrogen-bond donors (Lipinski definition) is 4. The van der Waals surface area contributed by atoms with E-state index < -0.39 is 6.23 Å². The predicted octanol–water partition coefficient (Wildman–Crippen LogP) is -0.0967. The molecular weight excluding hydrogens is 226 g/mol. The molecule has 1 aliphatic heterocycles. The van der Waals surface area contributed by atoms with E-state index in [2.05, 4.69) is 36.2 Å². The number of fused-ring (bicyclic) bond motifs is 1. The van der Waals surface area contributed by atoms with Crippen molar-refractivity contribution in [3.05, 3.63) is 10.4 Å². The molecule has 5 N–H and O–H groups in total. The van der Waals surface area contributed by atoms with Gasteiger partial charge in [-0.15, -0.1) is 0 Å². The second-order valence-electron chi connectivity index (χ2n) is 2.30. The smallest absolute Gasteiger partial charge is 0.197 e. The van der Waals surface area contributed by atoms with E-state index in [4.69, 9.17) is 5.73 Å². The lowest BCUT2D eigenvalue weighted by molar-refractivity contribution is 0.183. The summed E-state index contributed by atoms with van der Waals surface area (Å²) >= 11 is 3.13. The summed E-state index contributed by atoms with van der Waals surface area (Å²) in [5.41, 5.74) is 5.87. The molecule has 12 heavy (non-hydrogen) atoms. The Morgan fingerprint density at radius 2 is 2.33 bits per heavy atom. The van der Waals surface area contributed by atoms with Gasteiger partial charge in [0, 0.05) is 0 Å². The number of nitrogens with two attached hydrogens (primary N) is 1. The first-order valence-corrected chi connectivity index (χ1v) is 4.00. The highest BCUT2D eigenvalue weighted by molar-refractivity contribution is 9.10. The van der Waals surface area contributed by atoms with Crippen LogP contribution in [0.25, 0.3) is 0 Å². The third-order valence-corrected chi connectivity index (χ3v) is 1.84. The fourth-order valence-corrected chi connectivity index (χ4v) is 1.38. The third kappa shape index (κ3) is 1.07. The number of nitrogens with zero attached hydrogens (tertiary/aromatic N) is 2. The van der Waals surface area contributed by atoms with Gasteiger partial charge in [-0.3, -0.25) is 0 Å². The molecule has 7 heteroatoms. The number of aromatic nitrogens is 2. The monoisotopic (exact) mass is 231 g/mol. The topological polar surface area (TPSA) is 99.3 Å². The van der Waals surface area contributed by atoms with E-state index in [1.807, 2.05) is 0 Å². The van der Waals surface area contributed by atoms with Crippen molar-refractivity contribution in [3.63, 3.8) is 0 Å². The van der Waals surface area contributed by atoms with E-state index >= 15 is 0 Å². The van der Waals surface area contributed by atoms with E-state index in [-0.39, 0.29) is 5.96 Å². The second kappa shape index (κ2) is 2.46. The van der Waals surface area contributed by atoms with E-state index in [1.165, 1.54) is 0 Å². The van der Waals surface area contributed by atoms with Gasteiger partial charge in [0.05, 0.1) is 0 Å². The molecule has 64 valence electrons. The summed E-state index contributed by atoms with van der Waals surface area (Å²) in [6.45, 7) is 0. The van der Waals surface area contributed by atoms with E-state index in [1.54, 1.807) is 0 Å². The zero-order chi connectivity index (χ0) is 8.72. The lowest BCUT2D eigenvalue weighted by Crippen LogP contribution is -2.27. The molecule has 0 aromatic carbocycles. The van der Waals surface area contributed by atoms with Gasteiger partial charge < -0.3 is 21.1 Å². The van der Waals surface area contributed by atoms with Gasteiger partial charge in [0.25, 0.3) is 0 Å². The molecule has 2 rings (SSSR count). The van der Waals surface area contributed by atoms with Crippen LogP contribution in [-0.4, -0.2) is 21.0 Å². The van der Waals surface area contributed by atoms with Crippen LogP contribution in [0.1, 0.15) is 11.9 Å². The maximum atomic E-state index is 9.35. The van der Waals surface area contributed by atoms with E-state index in [0.717, 1.165) is 0 Å². The Balaban J connectivity index is 2.47. The van der Waals surface area contributed by atoms with Crippen LogP contribution in [0.15, 0.2) is 9.73 Å². The highest BCUT2D eigenvalue weighted by Crippen LogP contribution is 2.26. The van der Waals surface area contributed by atoms with Gasteiger partial charge in [0.15, 0.2) is 22.7 Å². The summed E-state index contributed by atoms with van der Waals surface area (Å²) in [6, 6.07) is 0. The second-order valence-corrected chi connectivity index (χ2v) is 3.05. The Morgan fingerprint density at radius 3 is 3.08 bits per heavy atom. The Kier molecular flexibility index (Phi) is 1.55. The molecule has 6 nitrogen and oxygen atoms in total. The Morgan fingerprint density at radius 1 is 1.58 bits per heavy atom. The number of halogens is 1. The highest BCUT2D eigenvalue weighted by Gasteiger charge is 2.21. The van der Waals surface area contributed by atoms with Crippen molar-refractivity contribution < 1.29 is 5.11 Å². The normalized spacial score (nSPS) is 21.2. The Bertz CT molecular complexity index is 346. The third-order valence-electron chi connectivity index (χ3n) is 1.47. The van der Waals surface area contributed by atoms with Crippen LogP contribution in [0, 0.1) is 0 Å². The lowest BCUT2D eigenvalue weighted by atomic mass is 10.3. The molecule has 0 spiro atoms. The molecule has 0 saturated carbocycles. The summed E-state index contributed by atoms with van der Waals surface area (Å²) in [7, 11) is 0. The number of aromatic amines is 1. The molecule has 1 aromatic rings. The fourth-order valence-electron chi connectivity index (χ4n) is 0.989. The summed E-state index contributed by atoms with van der Waals surface area (Å²) in [5, 5.41) is 12.1. The number of H-pyrrole nitrogens is 1. The molecule has 1 aliphatic rings. The van der Waals surface area contributed by atoms with Crippen molar-refractivity contribution in [2.45, 2.75) is 6.23 Å². The number of aliphatic hydroxyl groups excluding tert-OH is 1. The van der Waals surface area contributed by atoms with Crippen molar-refractivity contribution in [1.29, 1.82) is 0 Å². The van der Waals surface area contributed by atoms with Gasteiger partial charge in [0.1, 0.15) is 5.69 Å². The van der Waals surface area contributed by atoms with Crippen molar-refractivity contribution >= 4 is 27.7 Å². The zero-order valence-corrected chi connectivity index (χ0v) is 7.46. The highest BCUT2D eigenvalue weighted by atomic mass is 79.9. The molecule has 0 bridgehead atoms. The van der Waals surface area contributed by atoms with Crippen LogP contribution in [0.4, 0.5) is 5.82 Å². The van der Waals surface area contributed by atoms with Crippen LogP contribution in [0.3, 0.4) is 0 Å². The molecule has 1 aromatic heterocycles. The molecule has 0 amide bonds. The van der Waals surface area contributed by atoms with Crippen molar-refractivity contribution in [2.24, 2.45) is 10.7 Å². The Labute approximate surface area is 76.0 Å². The average molecular weight is 232 g/mol. The maximum absolute atomic E-state index is 9.35. The Hall–Kier alpha value is -1.08. The van der Waals surface area contributed by atoms with Gasteiger partial charge in [-0.25, -0.2) is 9.98 Å². The molecule has 2 heterocycles. The molecule has 0 saturated heterocycles. The number of aliphatic imine (C=N–C) groups is 1. The lowest BCUT2D eigenvalue weighted by Gasteiger charge is -2.13. The SMILES string of the molecule is NC1=NC(O)c2[nH]c(Br)nc2N1. The van der Waals surface area contributed by atoms with Gasteiger partial charge in [-0.2, -0.15) is 0 Å². The summed E-state index contributed by atoms with van der Waals surface area (Å²) in [5.74, 6) is 0.663. The molecule has 0 fully saturated rings. The largest absolute Gasteiger partial charge is 0.370 e. The molecule has 0 aliphatic carbocycles. The first-order valence-electron chi connectivity index (χ1n) is 3.20. The fraction of sp³-hybridized carbons (Fsp3) is 0.200. The van der Waals surface area contributed by atoms with Crippen LogP contribution in [0.2, 0.25) is 0 Å². The van der Waals surface area contributed by atoms with Gasteiger partial charge in [-0.1, -0.05) is 0 Å². The minimum absolute atomic E-state index is 0.161. The number of aliphatic hydroxyl groups is 1. The molecule has 0 radical (unpaired) electrons. The number of anilines is 1. The summed E-state index contributed by atoms with van der Waals surface area (Å²) < 4.78 is 0.531. The molecular formula is C5H6BrN5O. The minimum Gasteiger partial charge on any atom is -0.370 e. The number of imidazole rings is 1. The van der Waals surface area contributed by atoms with Crippen molar-refractivity contribution in [2.75, 3.05) is 5.32 Å². The van der Waals surface area contributed by atoms with Crippen molar-refractivity contribution in [1.82, 2.24) is 9.97 Å². The van der Waals surface area contributed by atoms with Crippen molar-refractivity contribution in [3.8, 4) is 0 Å². The van der Waals surface area contributed by atoms with Gasteiger partial charge in [0.2, 0.25) is 0 Å². The quantitative estimate of drug-likeness (QED) is 0.502. The van der Waals surface area contributed by atoms with Gasteiger partial charge in [-0.05, 0) is 15.9 Å². The minimum atomic E-state index is -0.958. The maximum Gasteiger partial charge on any atom is 0.197 e. The van der Waals surface area contributed by atoms with E-state index in [9.17, 15) is 5.11 Å². The number of hydrogen-bond acceptors (Lipinski definition) is 5. The number of nitrogens with one attached hydrogen (secondary N) is 2. The summed E-state index contributed by atoms with van der Waals surface area (Å²) in [4.78, 5) is 10.5. The molecule has 1 atom stereocenters. The van der Waals surface area contributed by atoms with Crippen LogP contribution >= 0.6 is 15.9 Å². The summed E-state index contributed by atoms with van der Waals surface area (Å²) in [6.07, 6.45) is -0.958.